The number of hydrazone groups is 1. The van der Waals surface area contributed by atoms with Crippen LogP contribution in [0.1, 0.15) is 11.4 Å². The van der Waals surface area contributed by atoms with E-state index in [2.05, 4.69) is 15.5 Å². The Morgan fingerprint density at radius 2 is 2.20 bits per heavy atom. The summed E-state index contributed by atoms with van der Waals surface area (Å²) in [5, 5.41) is 14.8. The summed E-state index contributed by atoms with van der Waals surface area (Å²) in [7, 11) is 3.01. The largest absolute Gasteiger partial charge is 0.493 e. The minimum atomic E-state index is -0.600. The number of rotatable bonds is 7. The topological polar surface area (TPSA) is 121 Å². The van der Waals surface area contributed by atoms with Gasteiger partial charge in [0, 0.05) is 12.5 Å². The molecule has 0 unspecified atom stereocenters. The van der Waals surface area contributed by atoms with E-state index in [1.807, 2.05) is 0 Å². The first-order chi connectivity index (χ1) is 12.0. The van der Waals surface area contributed by atoms with Crippen LogP contribution in [0.25, 0.3) is 0 Å². The van der Waals surface area contributed by atoms with Gasteiger partial charge in [-0.05, 0) is 17.1 Å². The van der Waals surface area contributed by atoms with Crippen LogP contribution < -0.4 is 14.9 Å². The number of carbonyl (C=O) groups is 1. The highest BCUT2D eigenvalue weighted by Gasteiger charge is 2.19. The van der Waals surface area contributed by atoms with Crippen molar-refractivity contribution in [2.24, 2.45) is 5.10 Å². The van der Waals surface area contributed by atoms with Crippen molar-refractivity contribution in [3.8, 4) is 11.5 Å². The molecule has 0 saturated carbocycles. The molecule has 2 aromatic rings. The molecule has 10 nitrogen and oxygen atoms in total. The number of amides is 1. The third kappa shape index (κ3) is 4.10. The van der Waals surface area contributed by atoms with Crippen molar-refractivity contribution in [3.63, 3.8) is 0 Å². The number of carbonyl (C=O) groups excluding carboxylic acids is 1. The number of hydrogen-bond donors (Lipinski definition) is 1. The van der Waals surface area contributed by atoms with Gasteiger partial charge in [-0.2, -0.15) is 5.10 Å². The van der Waals surface area contributed by atoms with Crippen LogP contribution in [0.3, 0.4) is 0 Å². The van der Waals surface area contributed by atoms with Crippen molar-refractivity contribution in [1.29, 1.82) is 0 Å². The summed E-state index contributed by atoms with van der Waals surface area (Å²) in [6.45, 7) is 1.30. The van der Waals surface area contributed by atoms with Gasteiger partial charge in [0.1, 0.15) is 6.20 Å². The van der Waals surface area contributed by atoms with Gasteiger partial charge >= 0.3 is 5.82 Å². The molecule has 0 saturated heterocycles. The summed E-state index contributed by atoms with van der Waals surface area (Å²) in [6, 6.07) is 5.22. The first-order valence-corrected chi connectivity index (χ1v) is 7.17. The summed E-state index contributed by atoms with van der Waals surface area (Å²) in [4.78, 5) is 26.1. The maximum atomic E-state index is 12.0. The zero-order valence-electron chi connectivity index (χ0n) is 13.9. The molecule has 1 N–H and O–H groups in total. The Morgan fingerprint density at radius 3 is 2.84 bits per heavy atom. The average Bonchev–Trinajstić information content (AvgIpc) is 2.95. The molecule has 0 aliphatic heterocycles. The van der Waals surface area contributed by atoms with Crippen molar-refractivity contribution >= 4 is 17.9 Å². The standard InChI is InChI=1S/C15H17N5O5/c1-10-16-8-14(20(22)23)19(10)9-13(21)18-17-7-11-5-4-6-12(24-2)15(11)25-3/h4-8H,9H2,1-3H3,(H,18,21). The minimum absolute atomic E-state index is 0.258. The molecule has 0 bridgehead atoms. The first-order valence-electron chi connectivity index (χ1n) is 7.17. The second kappa shape index (κ2) is 7.90. The normalized spacial score (nSPS) is 10.7. The van der Waals surface area contributed by atoms with E-state index < -0.39 is 10.8 Å². The highest BCUT2D eigenvalue weighted by molar-refractivity contribution is 5.86. The molecule has 25 heavy (non-hydrogen) atoms. The van der Waals surface area contributed by atoms with Gasteiger partial charge < -0.3 is 19.6 Å². The third-order valence-electron chi connectivity index (χ3n) is 3.35. The average molecular weight is 347 g/mol. The fourth-order valence-corrected chi connectivity index (χ4v) is 2.16. The number of ether oxygens (including phenoxy) is 2. The van der Waals surface area contributed by atoms with Crippen LogP contribution in [-0.4, -0.2) is 40.8 Å². The number of aryl methyl sites for hydroxylation is 1. The molecule has 10 heteroatoms. The summed E-state index contributed by atoms with van der Waals surface area (Å²) in [5.41, 5.74) is 2.92. The number of hydrogen-bond acceptors (Lipinski definition) is 7. The Hall–Kier alpha value is -3.43. The van der Waals surface area contributed by atoms with E-state index in [1.165, 1.54) is 25.0 Å². The van der Waals surface area contributed by atoms with E-state index in [1.54, 1.807) is 25.1 Å². The van der Waals surface area contributed by atoms with Crippen molar-refractivity contribution < 1.29 is 19.2 Å². The van der Waals surface area contributed by atoms with Crippen LogP contribution in [0.15, 0.2) is 29.5 Å². The molecule has 0 atom stereocenters. The van der Waals surface area contributed by atoms with E-state index >= 15 is 0 Å². The van der Waals surface area contributed by atoms with Crippen molar-refractivity contribution in [2.45, 2.75) is 13.5 Å². The van der Waals surface area contributed by atoms with Crippen LogP contribution in [0, 0.1) is 17.0 Å². The summed E-state index contributed by atoms with van der Waals surface area (Å²) in [5.74, 6) is 0.584. The number of aromatic nitrogens is 2. The lowest BCUT2D eigenvalue weighted by Gasteiger charge is -2.09. The number of benzene rings is 1. The Balaban J connectivity index is 2.07. The Kier molecular flexibility index (Phi) is 5.66. The second-order valence-corrected chi connectivity index (χ2v) is 4.88. The smallest absolute Gasteiger partial charge is 0.343 e. The van der Waals surface area contributed by atoms with Crippen LogP contribution in [0.4, 0.5) is 5.82 Å². The molecule has 1 aromatic carbocycles. The van der Waals surface area contributed by atoms with E-state index in [-0.39, 0.29) is 12.4 Å². The summed E-state index contributed by atoms with van der Waals surface area (Å²) in [6.07, 6.45) is 2.50. The van der Waals surface area contributed by atoms with Crippen LogP contribution >= 0.6 is 0 Å². The van der Waals surface area contributed by atoms with Crippen LogP contribution in [-0.2, 0) is 11.3 Å². The predicted molar refractivity (Wildman–Crippen MR) is 88.9 cm³/mol. The van der Waals surface area contributed by atoms with Crippen molar-refractivity contribution in [1.82, 2.24) is 15.0 Å². The summed E-state index contributed by atoms with van der Waals surface area (Å²) < 4.78 is 11.6. The maximum absolute atomic E-state index is 12.0. The molecule has 0 fully saturated rings. The number of methoxy groups -OCH3 is 2. The highest BCUT2D eigenvalue weighted by atomic mass is 16.6. The quantitative estimate of drug-likeness (QED) is 0.457. The zero-order valence-corrected chi connectivity index (χ0v) is 13.9. The van der Waals surface area contributed by atoms with Gasteiger partial charge in [0.05, 0.1) is 20.4 Å². The molecule has 2 rings (SSSR count). The lowest BCUT2D eigenvalue weighted by Crippen LogP contribution is -2.24. The SMILES string of the molecule is COc1cccc(C=NNC(=O)Cn2c([N+](=O)[O-])cnc2C)c1OC. The molecule has 0 spiro atoms. The van der Waals surface area contributed by atoms with Crippen molar-refractivity contribution in [3.05, 3.63) is 45.9 Å². The van der Waals surface area contributed by atoms with E-state index in [9.17, 15) is 14.9 Å². The van der Waals surface area contributed by atoms with Gasteiger partial charge in [0.25, 0.3) is 5.91 Å². The minimum Gasteiger partial charge on any atom is -0.493 e. The molecule has 0 radical (unpaired) electrons. The number of imidazole rings is 1. The lowest BCUT2D eigenvalue weighted by molar-refractivity contribution is -0.392. The molecule has 0 aliphatic rings. The monoisotopic (exact) mass is 347 g/mol. The van der Waals surface area contributed by atoms with E-state index in [4.69, 9.17) is 9.47 Å². The fraction of sp³-hybridized carbons (Fsp3) is 0.267. The maximum Gasteiger partial charge on any atom is 0.343 e. The van der Waals surface area contributed by atoms with E-state index in [0.29, 0.717) is 22.9 Å². The molecular formula is C15H17N5O5. The Labute approximate surface area is 143 Å². The molecule has 132 valence electrons. The zero-order chi connectivity index (χ0) is 18.4. The molecule has 1 amide bonds. The molecular weight excluding hydrogens is 330 g/mol. The van der Waals surface area contributed by atoms with Gasteiger partial charge in [0.2, 0.25) is 0 Å². The third-order valence-corrected chi connectivity index (χ3v) is 3.35. The van der Waals surface area contributed by atoms with Gasteiger partial charge in [-0.25, -0.2) is 15.0 Å². The molecule has 0 aliphatic carbocycles. The number of para-hydroxylation sites is 1. The lowest BCUT2D eigenvalue weighted by atomic mass is 10.2. The van der Waals surface area contributed by atoms with Gasteiger partial charge in [-0.3, -0.25) is 4.79 Å². The van der Waals surface area contributed by atoms with E-state index in [0.717, 1.165) is 6.20 Å². The summed E-state index contributed by atoms with van der Waals surface area (Å²) >= 11 is 0. The van der Waals surface area contributed by atoms with Gasteiger partial charge in [-0.1, -0.05) is 6.07 Å². The molecule has 1 heterocycles. The fourth-order valence-electron chi connectivity index (χ4n) is 2.16. The molecule has 1 aromatic heterocycles. The number of nitrogens with one attached hydrogen (secondary N) is 1. The van der Waals surface area contributed by atoms with Gasteiger partial charge in [-0.15, -0.1) is 0 Å². The Morgan fingerprint density at radius 1 is 1.44 bits per heavy atom. The number of nitro groups is 1. The predicted octanol–water partition coefficient (Wildman–Crippen LogP) is 1.27. The van der Waals surface area contributed by atoms with Crippen LogP contribution in [0.2, 0.25) is 0 Å². The van der Waals surface area contributed by atoms with Crippen LogP contribution in [0.5, 0.6) is 11.5 Å². The number of nitrogens with zero attached hydrogens (tertiary/aromatic N) is 4. The second-order valence-electron chi connectivity index (χ2n) is 4.88. The van der Waals surface area contributed by atoms with Gasteiger partial charge in [0.15, 0.2) is 23.9 Å². The highest BCUT2D eigenvalue weighted by Crippen LogP contribution is 2.29. The Bertz CT molecular complexity index is 815. The van der Waals surface area contributed by atoms with Crippen molar-refractivity contribution in [2.75, 3.05) is 14.2 Å². The first kappa shape index (κ1) is 17.9.